The molecule has 2 nitrogen and oxygen atoms in total. The van der Waals surface area contributed by atoms with Gasteiger partial charge in [-0.2, -0.15) is 0 Å². The third-order valence-corrected chi connectivity index (χ3v) is 5.38. The van der Waals surface area contributed by atoms with Gasteiger partial charge < -0.3 is 0 Å². The van der Waals surface area contributed by atoms with Crippen LogP contribution in [0.1, 0.15) is 39.0 Å². The zero-order valence-corrected chi connectivity index (χ0v) is 15.0. The lowest BCUT2D eigenvalue weighted by molar-refractivity contribution is 0.0910. The van der Waals surface area contributed by atoms with Crippen LogP contribution in [0, 0.1) is 0 Å². The van der Waals surface area contributed by atoms with Gasteiger partial charge in [-0.15, -0.1) is 0 Å². The molecule has 2 heteroatoms. The fraction of sp³-hybridized carbons (Fsp3) is 0.208. The first kappa shape index (κ1) is 16.7. The average molecular weight is 341 g/mol. The summed E-state index contributed by atoms with van der Waals surface area (Å²) < 4.78 is 0. The van der Waals surface area contributed by atoms with Gasteiger partial charge in [0.25, 0.3) is 0 Å². The number of hydrogen-bond acceptors (Lipinski definition) is 2. The summed E-state index contributed by atoms with van der Waals surface area (Å²) in [6.45, 7) is 0.752. The van der Waals surface area contributed by atoms with Crippen molar-refractivity contribution in [3.63, 3.8) is 0 Å². The third-order valence-electron chi connectivity index (χ3n) is 5.38. The van der Waals surface area contributed by atoms with Crippen LogP contribution in [0.2, 0.25) is 0 Å². The molecule has 4 rings (SSSR count). The van der Waals surface area contributed by atoms with Crippen LogP contribution in [0.3, 0.4) is 0 Å². The molecule has 130 valence electrons. The maximum absolute atomic E-state index is 13.1. The van der Waals surface area contributed by atoms with Crippen molar-refractivity contribution < 1.29 is 4.79 Å². The molecule has 1 aliphatic heterocycles. The first-order valence-electron chi connectivity index (χ1n) is 9.16. The number of benzene rings is 3. The Kier molecular flexibility index (Phi) is 4.68. The van der Waals surface area contributed by atoms with Gasteiger partial charge in [-0.25, -0.2) is 0 Å². The molecule has 0 spiro atoms. The van der Waals surface area contributed by atoms with Crippen molar-refractivity contribution in [2.24, 2.45) is 0 Å². The highest BCUT2D eigenvalue weighted by molar-refractivity contribution is 6.01. The van der Waals surface area contributed by atoms with Gasteiger partial charge in [0.1, 0.15) is 0 Å². The van der Waals surface area contributed by atoms with E-state index in [1.807, 2.05) is 30.3 Å². The normalized spacial score (nSPS) is 19.7. The molecule has 2 atom stereocenters. The van der Waals surface area contributed by atoms with Crippen molar-refractivity contribution in [1.29, 1.82) is 0 Å². The van der Waals surface area contributed by atoms with E-state index in [9.17, 15) is 4.79 Å². The molecule has 3 aromatic rings. The summed E-state index contributed by atoms with van der Waals surface area (Å²) in [5.74, 6) is 0.105. The fourth-order valence-electron chi connectivity index (χ4n) is 4.01. The van der Waals surface area contributed by atoms with Gasteiger partial charge >= 0.3 is 0 Å². The highest BCUT2D eigenvalue weighted by Crippen LogP contribution is 2.38. The lowest BCUT2D eigenvalue weighted by Gasteiger charge is -2.38. The van der Waals surface area contributed by atoms with Crippen LogP contribution in [0.4, 0.5) is 0 Å². The van der Waals surface area contributed by atoms with Crippen LogP contribution < -0.4 is 0 Å². The van der Waals surface area contributed by atoms with Crippen LogP contribution in [0.5, 0.6) is 0 Å². The Hall–Kier alpha value is -2.71. The van der Waals surface area contributed by atoms with Crippen molar-refractivity contribution in [2.75, 3.05) is 13.6 Å². The molecule has 0 fully saturated rings. The van der Waals surface area contributed by atoms with E-state index in [0.29, 0.717) is 6.04 Å². The van der Waals surface area contributed by atoms with E-state index in [-0.39, 0.29) is 11.7 Å². The van der Waals surface area contributed by atoms with E-state index in [1.54, 1.807) is 0 Å². The fourth-order valence-corrected chi connectivity index (χ4v) is 4.01. The van der Waals surface area contributed by atoms with Gasteiger partial charge in [-0.05, 0) is 30.2 Å². The van der Waals surface area contributed by atoms with Gasteiger partial charge in [-0.1, -0.05) is 84.9 Å². The minimum Gasteiger partial charge on any atom is -0.298 e. The van der Waals surface area contributed by atoms with Gasteiger partial charge in [0, 0.05) is 18.2 Å². The molecule has 0 saturated carbocycles. The van der Waals surface area contributed by atoms with Gasteiger partial charge in [0.05, 0.1) is 5.92 Å². The second kappa shape index (κ2) is 7.27. The highest BCUT2D eigenvalue weighted by atomic mass is 16.1. The number of rotatable bonds is 4. The lowest BCUT2D eigenvalue weighted by Crippen LogP contribution is -2.38. The van der Waals surface area contributed by atoms with Crippen LogP contribution in [0.15, 0.2) is 84.9 Å². The minimum absolute atomic E-state index is 0.106. The number of fused-ring (bicyclic) bond motifs is 1. The Labute approximate surface area is 155 Å². The van der Waals surface area contributed by atoms with Crippen LogP contribution in [0.25, 0.3) is 0 Å². The summed E-state index contributed by atoms with van der Waals surface area (Å²) in [6, 6.07) is 29.0. The standard InChI is InChI=1S/C24H23NO/c1-25-17-22(24(26)19-12-6-3-7-13-19)20-14-8-9-15-21(20)23(25)16-18-10-4-2-5-11-18/h2-15,22-23H,16-17H2,1H3. The van der Waals surface area contributed by atoms with E-state index >= 15 is 0 Å². The van der Waals surface area contributed by atoms with Gasteiger partial charge in [0.15, 0.2) is 5.78 Å². The summed E-state index contributed by atoms with van der Waals surface area (Å²) in [5, 5.41) is 0. The Morgan fingerprint density at radius 3 is 2.12 bits per heavy atom. The zero-order chi connectivity index (χ0) is 17.9. The van der Waals surface area contributed by atoms with Gasteiger partial charge in [0.2, 0.25) is 0 Å². The summed E-state index contributed by atoms with van der Waals surface area (Å²) in [6.07, 6.45) is 0.959. The molecular weight excluding hydrogens is 318 g/mol. The number of carbonyl (C=O) groups is 1. The number of Topliss-reactive ketones (excluding diaryl/α,β-unsaturated/α-hetero) is 1. The minimum atomic E-state index is -0.106. The predicted molar refractivity (Wildman–Crippen MR) is 105 cm³/mol. The van der Waals surface area contributed by atoms with Crippen LogP contribution in [-0.4, -0.2) is 24.3 Å². The molecule has 3 aromatic carbocycles. The summed E-state index contributed by atoms with van der Waals surface area (Å²) >= 11 is 0. The molecule has 1 aliphatic rings. The Morgan fingerprint density at radius 1 is 0.846 bits per heavy atom. The van der Waals surface area contributed by atoms with E-state index < -0.39 is 0 Å². The molecule has 2 unspecified atom stereocenters. The second-order valence-corrected chi connectivity index (χ2v) is 7.06. The Balaban J connectivity index is 1.69. The largest absolute Gasteiger partial charge is 0.298 e. The number of hydrogen-bond donors (Lipinski definition) is 0. The maximum atomic E-state index is 13.1. The molecule has 1 heterocycles. The first-order chi connectivity index (χ1) is 12.7. The van der Waals surface area contributed by atoms with E-state index in [0.717, 1.165) is 18.5 Å². The number of carbonyl (C=O) groups excluding carboxylic acids is 1. The molecule has 0 N–H and O–H groups in total. The highest BCUT2D eigenvalue weighted by Gasteiger charge is 2.34. The van der Waals surface area contributed by atoms with Crippen LogP contribution in [-0.2, 0) is 6.42 Å². The topological polar surface area (TPSA) is 20.3 Å². The van der Waals surface area contributed by atoms with Gasteiger partial charge in [-0.3, -0.25) is 9.69 Å². The summed E-state index contributed by atoms with van der Waals surface area (Å²) in [4.78, 5) is 15.5. The number of ketones is 1. The second-order valence-electron chi connectivity index (χ2n) is 7.06. The van der Waals surface area contributed by atoms with E-state index in [4.69, 9.17) is 0 Å². The van der Waals surface area contributed by atoms with Crippen molar-refractivity contribution >= 4 is 5.78 Å². The molecule has 26 heavy (non-hydrogen) atoms. The number of nitrogens with zero attached hydrogens (tertiary/aromatic N) is 1. The van der Waals surface area contributed by atoms with Crippen LogP contribution >= 0.6 is 0 Å². The van der Waals surface area contributed by atoms with E-state index in [2.05, 4.69) is 66.5 Å². The summed E-state index contributed by atoms with van der Waals surface area (Å²) in [7, 11) is 2.13. The molecule has 0 aliphatic carbocycles. The monoisotopic (exact) mass is 341 g/mol. The molecule has 0 radical (unpaired) electrons. The van der Waals surface area contributed by atoms with Crippen molar-refractivity contribution in [1.82, 2.24) is 4.90 Å². The SMILES string of the molecule is CN1CC(C(=O)c2ccccc2)c2ccccc2C1Cc1ccccc1. The smallest absolute Gasteiger partial charge is 0.171 e. The molecule has 0 aromatic heterocycles. The third kappa shape index (κ3) is 3.21. The zero-order valence-electron chi connectivity index (χ0n) is 15.0. The van der Waals surface area contributed by atoms with Crippen molar-refractivity contribution in [3.8, 4) is 0 Å². The summed E-state index contributed by atoms with van der Waals surface area (Å²) in [5.41, 5.74) is 4.58. The molecule has 0 bridgehead atoms. The average Bonchev–Trinajstić information content (AvgIpc) is 2.71. The Morgan fingerprint density at radius 2 is 1.42 bits per heavy atom. The molecule has 0 saturated heterocycles. The molecule has 0 amide bonds. The lowest BCUT2D eigenvalue weighted by atomic mass is 9.80. The number of likely N-dealkylation sites (N-methyl/N-ethyl adjacent to an activating group) is 1. The predicted octanol–water partition coefficient (Wildman–Crippen LogP) is 4.88. The first-order valence-corrected chi connectivity index (χ1v) is 9.16. The maximum Gasteiger partial charge on any atom is 0.171 e. The van der Waals surface area contributed by atoms with Crippen molar-refractivity contribution in [3.05, 3.63) is 107 Å². The Bertz CT molecular complexity index is 888. The molecular formula is C24H23NO. The van der Waals surface area contributed by atoms with E-state index in [1.165, 1.54) is 16.7 Å². The quantitative estimate of drug-likeness (QED) is 0.630. The van der Waals surface area contributed by atoms with Crippen molar-refractivity contribution in [2.45, 2.75) is 18.4 Å².